The smallest absolute Gasteiger partial charge is 0.330 e. The lowest BCUT2D eigenvalue weighted by Crippen LogP contribution is -2.65. The number of H-pyrrole nitrogens is 1. The Morgan fingerprint density at radius 3 is 2.94 bits per heavy atom. The third-order valence-electron chi connectivity index (χ3n) is 3.00. The molecule has 1 fully saturated rings. The standard InChI is InChI=1S/C10H15N3O4/c1-5-3-13(10(16)12-9(5)15)8-2-6(11)7(4-14)17-8/h3,6-8,14H,2,4,11H2,1H3,(H,12,15,16)/p+1/t6-,7-,8-/m0/s1. The number of aliphatic hydroxyl groups excluding tert-OH is 1. The molecule has 0 aliphatic carbocycles. The number of aliphatic hydroxyl groups is 1. The summed E-state index contributed by atoms with van der Waals surface area (Å²) in [7, 11) is 0. The molecule has 0 aromatic carbocycles. The van der Waals surface area contributed by atoms with Crippen LogP contribution in [0.25, 0.3) is 0 Å². The molecule has 0 spiro atoms. The first-order valence-electron chi connectivity index (χ1n) is 5.44. The summed E-state index contributed by atoms with van der Waals surface area (Å²) in [5.41, 5.74) is 3.41. The van der Waals surface area contributed by atoms with Gasteiger partial charge in [-0.1, -0.05) is 0 Å². The zero-order valence-corrected chi connectivity index (χ0v) is 9.55. The fourth-order valence-corrected chi connectivity index (χ4v) is 1.95. The van der Waals surface area contributed by atoms with E-state index in [9.17, 15) is 9.59 Å². The van der Waals surface area contributed by atoms with Gasteiger partial charge in [0, 0.05) is 18.2 Å². The van der Waals surface area contributed by atoms with Gasteiger partial charge < -0.3 is 15.6 Å². The summed E-state index contributed by atoms with van der Waals surface area (Å²) in [6, 6.07) is -0.0656. The molecule has 7 heteroatoms. The van der Waals surface area contributed by atoms with E-state index in [1.807, 2.05) is 0 Å². The number of aromatic nitrogens is 2. The van der Waals surface area contributed by atoms with E-state index in [0.717, 1.165) is 0 Å². The molecule has 2 heterocycles. The number of nitrogens with zero attached hydrogens (tertiary/aromatic N) is 1. The Morgan fingerprint density at radius 1 is 1.65 bits per heavy atom. The van der Waals surface area contributed by atoms with Gasteiger partial charge in [-0.3, -0.25) is 14.3 Å². The van der Waals surface area contributed by atoms with Gasteiger partial charge in [-0.2, -0.15) is 0 Å². The van der Waals surface area contributed by atoms with Gasteiger partial charge in [-0.15, -0.1) is 0 Å². The van der Waals surface area contributed by atoms with Gasteiger partial charge in [0.1, 0.15) is 18.4 Å². The molecule has 3 atom stereocenters. The first kappa shape index (κ1) is 12.0. The number of nitrogens with one attached hydrogen (secondary N) is 1. The summed E-state index contributed by atoms with van der Waals surface area (Å²) < 4.78 is 6.85. The Morgan fingerprint density at radius 2 is 2.35 bits per heavy atom. The molecule has 0 bridgehead atoms. The summed E-state index contributed by atoms with van der Waals surface area (Å²) in [5, 5.41) is 9.06. The van der Waals surface area contributed by atoms with Crippen molar-refractivity contribution in [1.29, 1.82) is 0 Å². The van der Waals surface area contributed by atoms with Gasteiger partial charge in [-0.05, 0) is 6.92 Å². The molecule has 1 aromatic rings. The van der Waals surface area contributed by atoms with Gasteiger partial charge in [0.05, 0.1) is 6.61 Å². The SMILES string of the molecule is Cc1cn([C@@H]2C[C@H]([NH3+])[C@H](CO)O2)c(=O)[nH]c1=O. The maximum absolute atomic E-state index is 11.6. The zero-order valence-electron chi connectivity index (χ0n) is 9.55. The second kappa shape index (κ2) is 4.44. The summed E-state index contributed by atoms with van der Waals surface area (Å²) in [6.07, 6.45) is 1.17. The van der Waals surface area contributed by atoms with Crippen LogP contribution in [0, 0.1) is 6.92 Å². The van der Waals surface area contributed by atoms with Crippen molar-refractivity contribution in [2.45, 2.75) is 31.7 Å². The number of hydrogen-bond donors (Lipinski definition) is 3. The molecule has 0 saturated carbocycles. The summed E-state index contributed by atoms with van der Waals surface area (Å²) in [4.78, 5) is 25.1. The second-order valence-corrected chi connectivity index (χ2v) is 4.29. The lowest BCUT2D eigenvalue weighted by Gasteiger charge is -2.13. The van der Waals surface area contributed by atoms with Gasteiger partial charge >= 0.3 is 5.69 Å². The zero-order chi connectivity index (χ0) is 12.6. The maximum atomic E-state index is 11.6. The van der Waals surface area contributed by atoms with Crippen LogP contribution < -0.4 is 17.0 Å². The molecule has 0 radical (unpaired) electrons. The Hall–Kier alpha value is -1.44. The molecule has 0 unspecified atom stereocenters. The molecule has 1 aliphatic heterocycles. The molecule has 7 nitrogen and oxygen atoms in total. The number of hydrogen-bond acceptors (Lipinski definition) is 4. The summed E-state index contributed by atoms with van der Waals surface area (Å²) in [5.74, 6) is 0. The molecule has 17 heavy (non-hydrogen) atoms. The normalized spacial score (nSPS) is 28.5. The van der Waals surface area contributed by atoms with E-state index in [1.54, 1.807) is 6.92 Å². The predicted octanol–water partition coefficient (Wildman–Crippen LogP) is -2.26. The minimum atomic E-state index is -0.503. The van der Waals surface area contributed by atoms with Gasteiger partial charge in [0.15, 0.2) is 0 Å². The summed E-state index contributed by atoms with van der Waals surface area (Å²) >= 11 is 0. The van der Waals surface area contributed by atoms with E-state index in [-0.39, 0.29) is 18.8 Å². The molecule has 1 saturated heterocycles. The van der Waals surface area contributed by atoms with Crippen molar-refractivity contribution in [2.75, 3.05) is 6.61 Å². The highest BCUT2D eigenvalue weighted by molar-refractivity contribution is 5.01. The second-order valence-electron chi connectivity index (χ2n) is 4.29. The van der Waals surface area contributed by atoms with Crippen molar-refractivity contribution in [3.8, 4) is 0 Å². The number of ether oxygens (including phenoxy) is 1. The minimum absolute atomic E-state index is 0.0656. The average molecular weight is 242 g/mol. The fourth-order valence-electron chi connectivity index (χ4n) is 1.95. The van der Waals surface area contributed by atoms with E-state index in [2.05, 4.69) is 10.7 Å². The van der Waals surface area contributed by atoms with Crippen molar-refractivity contribution in [2.24, 2.45) is 0 Å². The molecular weight excluding hydrogens is 226 g/mol. The van der Waals surface area contributed by atoms with Crippen LogP contribution in [0.4, 0.5) is 0 Å². The van der Waals surface area contributed by atoms with E-state index in [1.165, 1.54) is 10.8 Å². The number of aromatic amines is 1. The first-order valence-corrected chi connectivity index (χ1v) is 5.44. The Balaban J connectivity index is 2.34. The van der Waals surface area contributed by atoms with Crippen LogP contribution in [0.3, 0.4) is 0 Å². The third kappa shape index (κ3) is 2.17. The molecule has 0 amide bonds. The molecule has 5 N–H and O–H groups in total. The van der Waals surface area contributed by atoms with Crippen molar-refractivity contribution >= 4 is 0 Å². The molecule has 2 rings (SSSR count). The van der Waals surface area contributed by atoms with E-state index >= 15 is 0 Å². The minimum Gasteiger partial charge on any atom is -0.393 e. The molecular formula is C10H16N3O4+. The maximum Gasteiger partial charge on any atom is 0.330 e. The van der Waals surface area contributed by atoms with Crippen LogP contribution in [0.1, 0.15) is 18.2 Å². The molecule has 1 aliphatic rings. The topological polar surface area (TPSA) is 112 Å². The largest absolute Gasteiger partial charge is 0.393 e. The molecule has 94 valence electrons. The highest BCUT2D eigenvalue weighted by atomic mass is 16.5. The van der Waals surface area contributed by atoms with E-state index < -0.39 is 17.5 Å². The lowest BCUT2D eigenvalue weighted by molar-refractivity contribution is -0.428. The Labute approximate surface area is 96.8 Å². The van der Waals surface area contributed by atoms with Crippen LogP contribution in [0.5, 0.6) is 0 Å². The van der Waals surface area contributed by atoms with Crippen LogP contribution in [0.15, 0.2) is 15.8 Å². The van der Waals surface area contributed by atoms with Gasteiger partial charge in [0.2, 0.25) is 0 Å². The Kier molecular flexibility index (Phi) is 3.14. The first-order chi connectivity index (χ1) is 8.02. The fraction of sp³-hybridized carbons (Fsp3) is 0.600. The van der Waals surface area contributed by atoms with Crippen molar-refractivity contribution in [3.05, 3.63) is 32.6 Å². The van der Waals surface area contributed by atoms with E-state index in [4.69, 9.17) is 9.84 Å². The van der Waals surface area contributed by atoms with Crippen LogP contribution in [-0.4, -0.2) is 33.4 Å². The van der Waals surface area contributed by atoms with Gasteiger partial charge in [0.25, 0.3) is 5.56 Å². The summed E-state index contributed by atoms with van der Waals surface area (Å²) in [6.45, 7) is 1.50. The van der Waals surface area contributed by atoms with E-state index in [0.29, 0.717) is 12.0 Å². The monoisotopic (exact) mass is 242 g/mol. The van der Waals surface area contributed by atoms with Crippen LogP contribution >= 0.6 is 0 Å². The van der Waals surface area contributed by atoms with Crippen molar-refractivity contribution in [1.82, 2.24) is 9.55 Å². The Bertz CT molecular complexity index is 521. The van der Waals surface area contributed by atoms with Crippen molar-refractivity contribution in [3.63, 3.8) is 0 Å². The third-order valence-corrected chi connectivity index (χ3v) is 3.00. The number of aryl methyl sites for hydroxylation is 1. The highest BCUT2D eigenvalue weighted by Gasteiger charge is 2.36. The van der Waals surface area contributed by atoms with Crippen LogP contribution in [-0.2, 0) is 4.74 Å². The quantitative estimate of drug-likeness (QED) is 0.543. The van der Waals surface area contributed by atoms with Crippen LogP contribution in [0.2, 0.25) is 0 Å². The average Bonchev–Trinajstić information content (AvgIpc) is 2.65. The lowest BCUT2D eigenvalue weighted by atomic mass is 10.1. The predicted molar refractivity (Wildman–Crippen MR) is 58.3 cm³/mol. The van der Waals surface area contributed by atoms with Gasteiger partial charge in [-0.25, -0.2) is 4.79 Å². The number of quaternary nitrogens is 1. The number of rotatable bonds is 2. The van der Waals surface area contributed by atoms with Crippen molar-refractivity contribution < 1.29 is 15.6 Å². The molecule has 1 aromatic heterocycles. The highest BCUT2D eigenvalue weighted by Crippen LogP contribution is 2.24.